The number of benzene rings is 2. The minimum atomic E-state index is 0.258. The van der Waals surface area contributed by atoms with E-state index in [0.29, 0.717) is 12.5 Å². The van der Waals surface area contributed by atoms with E-state index in [-0.39, 0.29) is 6.04 Å². The van der Waals surface area contributed by atoms with Gasteiger partial charge in [0.1, 0.15) is 5.84 Å². The molecule has 3 nitrogen and oxygen atoms in total. The van der Waals surface area contributed by atoms with Gasteiger partial charge in [-0.05, 0) is 12.5 Å². The highest BCUT2D eigenvalue weighted by atomic mass is 35.5. The molecule has 0 saturated carbocycles. The van der Waals surface area contributed by atoms with E-state index >= 15 is 0 Å². The van der Waals surface area contributed by atoms with E-state index in [9.17, 15) is 0 Å². The Labute approximate surface area is 131 Å². The summed E-state index contributed by atoms with van der Waals surface area (Å²) in [5.41, 5.74) is 8.13. The number of hydrogen-bond donors (Lipinski definition) is 2. The predicted octanol–water partition coefficient (Wildman–Crippen LogP) is 3.56. The fraction of sp³-hybridized carbons (Fsp3) is 0.235. The normalized spacial score (nSPS) is 12.2. The molecule has 0 bridgehead atoms. The molecular formula is C17H22ClN3. The highest BCUT2D eigenvalue weighted by molar-refractivity contribution is 6.15. The van der Waals surface area contributed by atoms with Gasteiger partial charge < -0.3 is 5.73 Å². The molecule has 0 aromatic heterocycles. The first-order valence-electron chi connectivity index (χ1n) is 6.79. The summed E-state index contributed by atoms with van der Waals surface area (Å²) < 4.78 is 0. The topological polar surface area (TPSA) is 50.4 Å². The Morgan fingerprint density at radius 3 is 2.14 bits per heavy atom. The summed E-state index contributed by atoms with van der Waals surface area (Å²) in [6, 6.07) is 20.3. The molecule has 0 amide bonds. The molecule has 0 aliphatic heterocycles. The average molecular weight is 304 g/mol. The summed E-state index contributed by atoms with van der Waals surface area (Å²) in [6.07, 6.45) is 1.47. The van der Waals surface area contributed by atoms with Crippen molar-refractivity contribution in [2.24, 2.45) is 10.7 Å². The van der Waals surface area contributed by atoms with E-state index in [1.54, 1.807) is 0 Å². The largest absolute Gasteiger partial charge is 0.383 e. The summed E-state index contributed by atoms with van der Waals surface area (Å²) >= 11 is 4.64. The number of nitrogens with two attached hydrogens (primary N) is 1. The molecule has 1 atom stereocenters. The Hall–Kier alpha value is -1.84. The van der Waals surface area contributed by atoms with Crippen molar-refractivity contribution in [3.63, 3.8) is 0 Å². The third-order valence-corrected chi connectivity index (χ3v) is 3.02. The zero-order valence-electron chi connectivity index (χ0n) is 12.5. The molecule has 0 radical (unpaired) electrons. The van der Waals surface area contributed by atoms with Gasteiger partial charge in [0.05, 0.1) is 6.67 Å². The number of nitrogens with zero attached hydrogens (tertiary/aromatic N) is 1. The summed E-state index contributed by atoms with van der Waals surface area (Å²) in [4.78, 5) is 4.34. The molecule has 3 N–H and O–H groups in total. The molecule has 0 heterocycles. The molecule has 2 aromatic rings. The zero-order valence-corrected chi connectivity index (χ0v) is 13.2. The number of rotatable bonds is 5. The van der Waals surface area contributed by atoms with Crippen molar-refractivity contribution < 1.29 is 0 Å². The summed E-state index contributed by atoms with van der Waals surface area (Å²) in [5, 5.41) is 3.33. The van der Waals surface area contributed by atoms with Crippen molar-refractivity contribution in [2.45, 2.75) is 13.0 Å². The van der Waals surface area contributed by atoms with Crippen molar-refractivity contribution in [2.75, 3.05) is 13.1 Å². The second-order valence-electron chi connectivity index (χ2n) is 4.40. The number of halogens is 1. The minimum absolute atomic E-state index is 0.258. The average Bonchev–Trinajstić information content (AvgIpc) is 2.58. The molecule has 2 aromatic carbocycles. The van der Waals surface area contributed by atoms with Crippen LogP contribution in [0.5, 0.6) is 0 Å². The molecular weight excluding hydrogens is 282 g/mol. The van der Waals surface area contributed by atoms with Crippen molar-refractivity contribution in [1.29, 1.82) is 0 Å². The smallest absolute Gasteiger partial charge is 0.127 e. The van der Waals surface area contributed by atoms with Gasteiger partial charge in [0, 0.05) is 18.0 Å². The van der Waals surface area contributed by atoms with Gasteiger partial charge in [-0.1, -0.05) is 60.7 Å². The first-order valence-corrected chi connectivity index (χ1v) is 7.54. The highest BCUT2D eigenvalue weighted by Gasteiger charge is 2.02. The van der Waals surface area contributed by atoms with Gasteiger partial charge >= 0.3 is 0 Å². The first kappa shape index (κ1) is 17.2. The molecule has 112 valence electrons. The van der Waals surface area contributed by atoms with Crippen LogP contribution >= 0.6 is 11.6 Å². The van der Waals surface area contributed by atoms with Gasteiger partial charge in [0.15, 0.2) is 0 Å². The highest BCUT2D eigenvalue weighted by Crippen LogP contribution is 2.10. The van der Waals surface area contributed by atoms with E-state index in [1.165, 1.54) is 11.9 Å². The SMILES string of the molecule is CC(NC/N=C(\N)c1ccccc1)c1ccccc1.CCl. The lowest BCUT2D eigenvalue weighted by atomic mass is 10.1. The van der Waals surface area contributed by atoms with Gasteiger partial charge in [-0.25, -0.2) is 0 Å². The van der Waals surface area contributed by atoms with E-state index in [2.05, 4.69) is 41.0 Å². The Morgan fingerprint density at radius 1 is 1.05 bits per heavy atom. The molecule has 1 unspecified atom stereocenters. The van der Waals surface area contributed by atoms with Crippen LogP contribution in [0.25, 0.3) is 0 Å². The molecule has 0 aliphatic rings. The van der Waals surface area contributed by atoms with E-state index in [4.69, 9.17) is 5.73 Å². The maximum absolute atomic E-state index is 5.93. The first-order chi connectivity index (χ1) is 10.3. The Morgan fingerprint density at radius 2 is 1.57 bits per heavy atom. The van der Waals surface area contributed by atoms with Gasteiger partial charge in [-0.15, -0.1) is 11.6 Å². The van der Waals surface area contributed by atoms with Crippen molar-refractivity contribution >= 4 is 17.4 Å². The molecule has 0 aliphatic carbocycles. The fourth-order valence-corrected chi connectivity index (χ4v) is 1.83. The van der Waals surface area contributed by atoms with Crippen LogP contribution in [-0.2, 0) is 0 Å². The molecule has 4 heteroatoms. The number of alkyl halides is 1. The van der Waals surface area contributed by atoms with Crippen LogP contribution in [-0.4, -0.2) is 18.9 Å². The maximum atomic E-state index is 5.93. The minimum Gasteiger partial charge on any atom is -0.383 e. The number of amidine groups is 1. The van der Waals surface area contributed by atoms with E-state index in [0.717, 1.165) is 5.56 Å². The monoisotopic (exact) mass is 303 g/mol. The van der Waals surface area contributed by atoms with Crippen LogP contribution in [0.3, 0.4) is 0 Å². The Balaban J connectivity index is 0.00000106. The maximum Gasteiger partial charge on any atom is 0.127 e. The molecule has 0 fully saturated rings. The number of nitrogens with one attached hydrogen (secondary N) is 1. The predicted molar refractivity (Wildman–Crippen MR) is 91.8 cm³/mol. The van der Waals surface area contributed by atoms with Crippen molar-refractivity contribution in [3.8, 4) is 0 Å². The van der Waals surface area contributed by atoms with Crippen LogP contribution in [0.15, 0.2) is 65.7 Å². The lowest BCUT2D eigenvalue weighted by Gasteiger charge is -2.12. The lowest BCUT2D eigenvalue weighted by molar-refractivity contribution is 0.589. The standard InChI is InChI=1S/C16H19N3.CH3Cl/c1-13(14-8-4-2-5-9-14)18-12-19-16(17)15-10-6-3-7-11-15;1-2/h2-11,13,18H,12H2,1H3,(H2,17,19);1H3. The Kier molecular flexibility index (Phi) is 8.17. The zero-order chi connectivity index (χ0) is 15.5. The van der Waals surface area contributed by atoms with Gasteiger partial charge in [-0.3, -0.25) is 10.3 Å². The van der Waals surface area contributed by atoms with E-state index in [1.807, 2.05) is 48.5 Å². The summed E-state index contributed by atoms with van der Waals surface area (Å²) in [5.74, 6) is 0.563. The molecule has 21 heavy (non-hydrogen) atoms. The Bertz CT molecular complexity index is 526. The van der Waals surface area contributed by atoms with Crippen molar-refractivity contribution in [3.05, 3.63) is 71.8 Å². The van der Waals surface area contributed by atoms with Crippen LogP contribution in [0.1, 0.15) is 24.1 Å². The second-order valence-corrected chi connectivity index (χ2v) is 4.40. The second kappa shape index (κ2) is 9.97. The lowest BCUT2D eigenvalue weighted by Crippen LogP contribution is -2.22. The third kappa shape index (κ3) is 5.98. The number of hydrogen-bond acceptors (Lipinski definition) is 2. The van der Waals surface area contributed by atoms with E-state index < -0.39 is 0 Å². The fourth-order valence-electron chi connectivity index (χ4n) is 1.83. The summed E-state index contributed by atoms with van der Waals surface area (Å²) in [6.45, 7) is 2.63. The van der Waals surface area contributed by atoms with Crippen LogP contribution in [0.2, 0.25) is 0 Å². The molecule has 2 rings (SSSR count). The van der Waals surface area contributed by atoms with Crippen LogP contribution in [0.4, 0.5) is 0 Å². The number of aliphatic imine (C=N–C) groups is 1. The van der Waals surface area contributed by atoms with Crippen molar-refractivity contribution in [1.82, 2.24) is 5.32 Å². The van der Waals surface area contributed by atoms with Gasteiger partial charge in [0.25, 0.3) is 0 Å². The van der Waals surface area contributed by atoms with Crippen LogP contribution in [0, 0.1) is 0 Å². The quantitative estimate of drug-likeness (QED) is 0.504. The molecule has 0 spiro atoms. The summed E-state index contributed by atoms with van der Waals surface area (Å²) in [7, 11) is 0. The molecule has 0 saturated heterocycles. The van der Waals surface area contributed by atoms with Gasteiger partial charge in [-0.2, -0.15) is 0 Å². The van der Waals surface area contributed by atoms with Gasteiger partial charge in [0.2, 0.25) is 0 Å². The van der Waals surface area contributed by atoms with Crippen LogP contribution < -0.4 is 11.1 Å². The third-order valence-electron chi connectivity index (χ3n) is 3.02.